The lowest BCUT2D eigenvalue weighted by atomic mass is 10.1. The van der Waals surface area contributed by atoms with Crippen molar-refractivity contribution in [2.75, 3.05) is 47.4 Å². The van der Waals surface area contributed by atoms with Gasteiger partial charge in [0.1, 0.15) is 23.3 Å². The van der Waals surface area contributed by atoms with E-state index in [1.165, 1.54) is 18.8 Å². The molecule has 6 N–H and O–H groups in total. The van der Waals surface area contributed by atoms with Crippen molar-refractivity contribution in [2.24, 2.45) is 0 Å². The van der Waals surface area contributed by atoms with Crippen LogP contribution < -0.4 is 21.3 Å². The van der Waals surface area contributed by atoms with E-state index in [4.69, 9.17) is 34.0 Å². The predicted octanol–water partition coefficient (Wildman–Crippen LogP) is 12.5. The van der Waals surface area contributed by atoms with E-state index in [1.54, 1.807) is 109 Å². The van der Waals surface area contributed by atoms with Crippen LogP contribution in [0.25, 0.3) is 0 Å². The highest BCUT2D eigenvalue weighted by atomic mass is 79.9. The molecule has 0 spiro atoms. The van der Waals surface area contributed by atoms with E-state index in [9.17, 15) is 19.2 Å². The summed E-state index contributed by atoms with van der Waals surface area (Å²) < 4.78 is 1.39. The summed E-state index contributed by atoms with van der Waals surface area (Å²) in [5.41, 5.74) is 3.70. The Morgan fingerprint density at radius 3 is 1.16 bits per heavy atom. The summed E-state index contributed by atoms with van der Waals surface area (Å²) in [5, 5.41) is 28.8. The number of amides is 4. The van der Waals surface area contributed by atoms with Crippen LogP contribution in [0, 0.1) is 10.8 Å². The summed E-state index contributed by atoms with van der Waals surface area (Å²) in [6, 6.07) is 30.4. The maximum atomic E-state index is 12.9. The van der Waals surface area contributed by atoms with E-state index >= 15 is 0 Å². The lowest BCUT2D eigenvalue weighted by Gasteiger charge is -2.29. The maximum Gasteiger partial charge on any atom is 0.258 e. The van der Waals surface area contributed by atoms with Crippen LogP contribution in [0.15, 0.2) is 131 Å². The average molecular weight is 1100 g/mol. The zero-order valence-electron chi connectivity index (χ0n) is 35.8. The van der Waals surface area contributed by atoms with Crippen LogP contribution in [-0.2, 0) is 0 Å². The smallest absolute Gasteiger partial charge is 0.258 e. The number of anilines is 4. The molecule has 2 fully saturated rings. The summed E-state index contributed by atoms with van der Waals surface area (Å²) in [6.07, 6.45) is 8.47. The van der Waals surface area contributed by atoms with Crippen molar-refractivity contribution in [2.45, 2.75) is 47.0 Å². The number of carbonyl (C=O) groups is 4. The molecule has 18 heteroatoms. The molecule has 2 saturated heterocycles. The molecule has 0 aliphatic carbocycles. The summed E-state index contributed by atoms with van der Waals surface area (Å²) in [7, 11) is 0. The molecule has 4 amide bonds. The summed E-state index contributed by atoms with van der Waals surface area (Å²) in [6.45, 7) is 3.56. The molecule has 4 heterocycles. The fourth-order valence-electron chi connectivity index (χ4n) is 7.26. The standard InChI is InChI=1S/C25H23BrClN5O2.C24H21BrClN5O2.2CH4/c26-18-8-10-21(20(14-18)25(34)31-22-11-9-19(27)15-29-22)30-24(33)17-6-4-16(5-7-17)23(28)32-12-2-1-3-13-32;25-17-7-9-20(19(13-17)24(33)30-21-10-8-18(26)14-28-21)29-23(32)16-5-3-15(4-6-16)22(27)31-11-1-2-12-31;;/h4-11,14-15,28H,1-3,12-13H2,(H,30,33)(H,29,31,34);3-10,13-14,27H,1-2,11-12H2,(H,29,32)(H,28,30,33);2*1H4. The first kappa shape index (κ1) is 53.5. The summed E-state index contributed by atoms with van der Waals surface area (Å²) >= 11 is 18.4. The lowest BCUT2D eigenvalue weighted by Crippen LogP contribution is -2.35. The highest BCUT2D eigenvalue weighted by Crippen LogP contribution is 2.26. The first-order valence-corrected chi connectivity index (χ1v) is 23.6. The lowest BCUT2D eigenvalue weighted by molar-refractivity contribution is 0.101. The Kier molecular flexibility index (Phi) is 19.6. The molecule has 8 rings (SSSR count). The van der Waals surface area contributed by atoms with E-state index in [2.05, 4.69) is 68.0 Å². The third-order valence-corrected chi connectivity index (χ3v) is 12.3. The molecule has 0 unspecified atom stereocenters. The summed E-state index contributed by atoms with van der Waals surface area (Å²) in [4.78, 5) is 63.8. The van der Waals surface area contributed by atoms with Gasteiger partial charge in [0.2, 0.25) is 0 Å². The van der Waals surface area contributed by atoms with Gasteiger partial charge in [-0.25, -0.2) is 9.97 Å². The van der Waals surface area contributed by atoms with Crippen LogP contribution in [0.4, 0.5) is 23.0 Å². The van der Waals surface area contributed by atoms with Gasteiger partial charge in [-0.1, -0.05) is 94.2 Å². The Bertz CT molecular complexity index is 2790. The second kappa shape index (κ2) is 25.2. The number of carbonyl (C=O) groups excluding carboxylic acids is 4. The highest BCUT2D eigenvalue weighted by Gasteiger charge is 2.21. The van der Waals surface area contributed by atoms with E-state index < -0.39 is 11.8 Å². The van der Waals surface area contributed by atoms with Gasteiger partial charge in [-0.3, -0.25) is 30.0 Å². The Morgan fingerprint density at radius 2 is 0.812 bits per heavy atom. The molecule has 0 radical (unpaired) electrons. The summed E-state index contributed by atoms with van der Waals surface area (Å²) in [5.74, 6) is 0.104. The first-order chi connectivity index (χ1) is 32.3. The van der Waals surface area contributed by atoms with Gasteiger partial charge in [0.25, 0.3) is 23.6 Å². The fraction of sp³-hybridized carbons (Fsp3) is 0.216. The van der Waals surface area contributed by atoms with Crippen LogP contribution in [0.5, 0.6) is 0 Å². The predicted molar refractivity (Wildman–Crippen MR) is 285 cm³/mol. The molecule has 0 saturated carbocycles. The minimum Gasteiger partial charge on any atom is -0.357 e. The number of piperidine rings is 1. The number of hydrogen-bond donors (Lipinski definition) is 6. The number of nitrogens with one attached hydrogen (secondary N) is 6. The number of likely N-dealkylation sites (tertiary alicyclic amines) is 2. The molecule has 2 aliphatic heterocycles. The quantitative estimate of drug-likeness (QED) is 0.0575. The van der Waals surface area contributed by atoms with Crippen LogP contribution in [0.3, 0.4) is 0 Å². The van der Waals surface area contributed by atoms with Crippen LogP contribution >= 0.6 is 55.1 Å². The molecule has 2 aliphatic rings. The van der Waals surface area contributed by atoms with Gasteiger partial charge >= 0.3 is 0 Å². The topological polar surface area (TPSA) is 196 Å². The van der Waals surface area contributed by atoms with Crippen LogP contribution in [0.1, 0.15) is 99.5 Å². The minimum atomic E-state index is -0.421. The third kappa shape index (κ3) is 14.5. The average Bonchev–Trinajstić information content (AvgIpc) is 3.90. The molecule has 4 aromatic carbocycles. The van der Waals surface area contributed by atoms with Crippen molar-refractivity contribution >= 4 is 113 Å². The Labute approximate surface area is 428 Å². The zero-order chi connectivity index (χ0) is 47.5. The van der Waals surface area contributed by atoms with E-state index in [0.29, 0.717) is 64.8 Å². The number of pyridine rings is 2. The zero-order valence-corrected chi connectivity index (χ0v) is 40.5. The second-order valence-corrected chi connectivity index (χ2v) is 18.2. The maximum absolute atomic E-state index is 12.9. The number of rotatable bonds is 10. The molecule has 358 valence electrons. The minimum absolute atomic E-state index is 0. The largest absolute Gasteiger partial charge is 0.357 e. The Morgan fingerprint density at radius 1 is 0.464 bits per heavy atom. The van der Waals surface area contributed by atoms with Gasteiger partial charge in [-0.05, 0) is 117 Å². The van der Waals surface area contributed by atoms with E-state index in [0.717, 1.165) is 63.0 Å². The normalized spacial score (nSPS) is 12.8. The van der Waals surface area contributed by atoms with Crippen molar-refractivity contribution in [3.05, 3.63) is 174 Å². The van der Waals surface area contributed by atoms with Gasteiger partial charge in [0.05, 0.1) is 32.5 Å². The van der Waals surface area contributed by atoms with Crippen LogP contribution in [-0.4, -0.2) is 81.2 Å². The number of amidine groups is 2. The molecule has 0 atom stereocenters. The van der Waals surface area contributed by atoms with Crippen molar-refractivity contribution in [3.8, 4) is 0 Å². The SMILES string of the molecule is C.C.N=C(c1ccc(C(=O)Nc2ccc(Br)cc2C(=O)Nc2ccc(Cl)cn2)cc1)N1CCCC1.N=C(c1ccc(C(=O)Nc2ccc(Br)cc2C(=O)Nc2ccc(Cl)cn2)cc1)N1CCCCC1. The van der Waals surface area contributed by atoms with Crippen molar-refractivity contribution in [3.63, 3.8) is 0 Å². The monoisotopic (exact) mass is 1100 g/mol. The number of halogens is 4. The van der Waals surface area contributed by atoms with Gasteiger partial charge in [0.15, 0.2) is 0 Å². The van der Waals surface area contributed by atoms with E-state index in [-0.39, 0.29) is 37.8 Å². The van der Waals surface area contributed by atoms with E-state index in [1.807, 2.05) is 4.90 Å². The second-order valence-electron chi connectivity index (χ2n) is 15.5. The number of aromatic nitrogens is 2. The fourth-order valence-corrected chi connectivity index (χ4v) is 8.21. The highest BCUT2D eigenvalue weighted by molar-refractivity contribution is 9.10. The van der Waals surface area contributed by atoms with Gasteiger partial charge < -0.3 is 31.1 Å². The molecular weight excluding hydrogens is 1050 g/mol. The Hall–Kier alpha value is -6.46. The molecule has 69 heavy (non-hydrogen) atoms. The molecular formula is C51H52Br2Cl2N10O4. The first-order valence-electron chi connectivity index (χ1n) is 21.3. The molecule has 2 aromatic heterocycles. The van der Waals surface area contributed by atoms with Crippen molar-refractivity contribution < 1.29 is 19.2 Å². The Balaban J connectivity index is 0.000000250. The van der Waals surface area contributed by atoms with Crippen molar-refractivity contribution in [1.82, 2.24) is 19.8 Å². The number of hydrogen-bond acceptors (Lipinski definition) is 8. The van der Waals surface area contributed by atoms with Gasteiger partial charge in [0, 0.05) is 69.8 Å². The van der Waals surface area contributed by atoms with Crippen molar-refractivity contribution in [1.29, 1.82) is 10.8 Å². The number of nitrogens with zero attached hydrogens (tertiary/aromatic N) is 4. The van der Waals surface area contributed by atoms with Crippen LogP contribution in [0.2, 0.25) is 10.0 Å². The van der Waals surface area contributed by atoms with Gasteiger partial charge in [-0.15, -0.1) is 0 Å². The molecule has 14 nitrogen and oxygen atoms in total. The number of benzene rings is 4. The van der Waals surface area contributed by atoms with Gasteiger partial charge in [-0.2, -0.15) is 0 Å². The molecule has 0 bridgehead atoms. The third-order valence-electron chi connectivity index (χ3n) is 10.8. The molecule has 6 aromatic rings.